The highest BCUT2D eigenvalue weighted by Gasteiger charge is 2.07. The number of rotatable bonds is 5. The number of unbranched alkanes of at least 4 members (excludes halogenated alkanes) is 1. The van der Waals surface area contributed by atoms with Crippen LogP contribution in [-0.2, 0) is 6.54 Å². The monoisotopic (exact) mass is 361 g/mol. The topological polar surface area (TPSA) is 43.8 Å². The van der Waals surface area contributed by atoms with Gasteiger partial charge in [0.15, 0.2) is 0 Å². The first-order valence-electron chi connectivity index (χ1n) is 5.62. The number of nitrogen functional groups attached to an aromatic ring is 1. The number of hydrogen-bond donors (Lipinski definition) is 1. The molecule has 0 amide bonds. The molecule has 0 fully saturated rings. The summed E-state index contributed by atoms with van der Waals surface area (Å²) in [5.41, 5.74) is 8.11. The molecular weight excluding hydrogens is 345 g/mol. The Morgan fingerprint density at radius 1 is 1.41 bits per heavy atom. The fraction of sp³-hybridized carbons (Fsp3) is 0.417. The molecular formula is C12H16IN3S. The van der Waals surface area contributed by atoms with Crippen molar-refractivity contribution in [3.05, 3.63) is 21.8 Å². The fourth-order valence-electron chi connectivity index (χ4n) is 1.87. The maximum atomic E-state index is 5.96. The summed E-state index contributed by atoms with van der Waals surface area (Å²) in [4.78, 5) is 4.40. The maximum Gasteiger partial charge on any atom is 0.201 e. The number of hydrogen-bond acceptors (Lipinski definition) is 3. The number of anilines is 1. The summed E-state index contributed by atoms with van der Waals surface area (Å²) in [6.07, 6.45) is 4.52. The van der Waals surface area contributed by atoms with Crippen molar-refractivity contribution in [3.63, 3.8) is 0 Å². The van der Waals surface area contributed by atoms with Crippen LogP contribution in [0.4, 0.5) is 5.95 Å². The summed E-state index contributed by atoms with van der Waals surface area (Å²) < 4.78 is 3.31. The summed E-state index contributed by atoms with van der Waals surface area (Å²) in [5, 5.41) is 0. The largest absolute Gasteiger partial charge is 0.369 e. The van der Waals surface area contributed by atoms with Crippen LogP contribution in [-0.4, -0.2) is 21.6 Å². The van der Waals surface area contributed by atoms with Gasteiger partial charge in [-0.05, 0) is 65.6 Å². The second-order valence-corrected chi connectivity index (χ2v) is 6.19. The number of aryl methyl sites for hydroxylation is 1. The van der Waals surface area contributed by atoms with Crippen molar-refractivity contribution in [1.82, 2.24) is 9.55 Å². The second-order valence-electron chi connectivity index (χ2n) is 3.95. The van der Waals surface area contributed by atoms with E-state index in [0.717, 1.165) is 24.0 Å². The molecule has 0 aliphatic carbocycles. The van der Waals surface area contributed by atoms with Crippen LogP contribution in [0, 0.1) is 3.57 Å². The first-order chi connectivity index (χ1) is 8.22. The van der Waals surface area contributed by atoms with Gasteiger partial charge in [-0.25, -0.2) is 4.98 Å². The van der Waals surface area contributed by atoms with E-state index in [4.69, 9.17) is 5.73 Å². The average Bonchev–Trinajstić information content (AvgIpc) is 2.60. The van der Waals surface area contributed by atoms with Gasteiger partial charge in [-0.3, -0.25) is 0 Å². The summed E-state index contributed by atoms with van der Waals surface area (Å²) in [6.45, 7) is 0.962. The van der Waals surface area contributed by atoms with Gasteiger partial charge in [0.05, 0.1) is 11.0 Å². The van der Waals surface area contributed by atoms with E-state index in [1.807, 2.05) is 11.8 Å². The van der Waals surface area contributed by atoms with Gasteiger partial charge in [-0.1, -0.05) is 0 Å². The lowest BCUT2D eigenvalue weighted by atomic mass is 10.3. The highest BCUT2D eigenvalue weighted by molar-refractivity contribution is 14.1. The molecule has 92 valence electrons. The zero-order valence-electron chi connectivity index (χ0n) is 9.82. The minimum absolute atomic E-state index is 0.631. The number of nitrogens with two attached hydrogens (primary N) is 1. The Hall–Kier alpha value is -0.430. The molecule has 5 heteroatoms. The quantitative estimate of drug-likeness (QED) is 0.656. The van der Waals surface area contributed by atoms with Crippen LogP contribution < -0.4 is 5.73 Å². The minimum Gasteiger partial charge on any atom is -0.369 e. The van der Waals surface area contributed by atoms with Crippen molar-refractivity contribution in [2.75, 3.05) is 17.7 Å². The molecule has 1 aromatic carbocycles. The molecule has 0 saturated heterocycles. The molecule has 2 rings (SSSR count). The van der Waals surface area contributed by atoms with Gasteiger partial charge in [-0.15, -0.1) is 0 Å². The Kier molecular flexibility index (Phi) is 4.55. The Balaban J connectivity index is 2.18. The van der Waals surface area contributed by atoms with E-state index >= 15 is 0 Å². The van der Waals surface area contributed by atoms with Crippen LogP contribution in [0.5, 0.6) is 0 Å². The zero-order valence-corrected chi connectivity index (χ0v) is 12.8. The highest BCUT2D eigenvalue weighted by Crippen LogP contribution is 2.20. The molecule has 0 unspecified atom stereocenters. The number of nitrogens with zero attached hydrogens (tertiary/aromatic N) is 2. The van der Waals surface area contributed by atoms with Crippen molar-refractivity contribution in [1.29, 1.82) is 0 Å². The van der Waals surface area contributed by atoms with Crippen LogP contribution in [0.15, 0.2) is 18.2 Å². The van der Waals surface area contributed by atoms with Crippen molar-refractivity contribution in [2.24, 2.45) is 0 Å². The fourth-order valence-corrected chi connectivity index (χ4v) is 2.84. The van der Waals surface area contributed by atoms with Crippen LogP contribution in [0.3, 0.4) is 0 Å². The molecule has 17 heavy (non-hydrogen) atoms. The minimum atomic E-state index is 0.631. The van der Waals surface area contributed by atoms with Crippen molar-refractivity contribution in [3.8, 4) is 0 Å². The Morgan fingerprint density at radius 3 is 3.00 bits per heavy atom. The molecule has 0 atom stereocenters. The van der Waals surface area contributed by atoms with Gasteiger partial charge in [0.1, 0.15) is 0 Å². The molecule has 0 saturated carbocycles. The van der Waals surface area contributed by atoms with E-state index in [0.29, 0.717) is 5.95 Å². The van der Waals surface area contributed by atoms with Crippen LogP contribution in [0.1, 0.15) is 12.8 Å². The molecule has 0 bridgehead atoms. The average molecular weight is 361 g/mol. The lowest BCUT2D eigenvalue weighted by molar-refractivity contribution is 0.656. The Bertz CT molecular complexity index is 510. The van der Waals surface area contributed by atoms with Gasteiger partial charge in [0.25, 0.3) is 0 Å². The number of thioether (sulfide) groups is 1. The van der Waals surface area contributed by atoms with Gasteiger partial charge in [0, 0.05) is 10.1 Å². The molecule has 3 nitrogen and oxygen atoms in total. The molecule has 2 aromatic rings. The molecule has 1 heterocycles. The molecule has 0 aliphatic rings. The molecule has 2 N–H and O–H groups in total. The van der Waals surface area contributed by atoms with E-state index in [2.05, 4.69) is 56.6 Å². The predicted molar refractivity (Wildman–Crippen MR) is 84.5 cm³/mol. The third-order valence-electron chi connectivity index (χ3n) is 2.72. The maximum absolute atomic E-state index is 5.96. The number of aromatic nitrogens is 2. The standard InChI is InChI=1S/C12H16IN3S/c1-17-7-3-2-6-16-11-5-4-9(13)8-10(11)15-12(16)14/h4-5,8H,2-3,6-7H2,1H3,(H2,14,15). The lowest BCUT2D eigenvalue weighted by Gasteiger charge is -2.05. The van der Waals surface area contributed by atoms with Crippen LogP contribution in [0.2, 0.25) is 0 Å². The first-order valence-corrected chi connectivity index (χ1v) is 8.10. The summed E-state index contributed by atoms with van der Waals surface area (Å²) in [7, 11) is 0. The lowest BCUT2D eigenvalue weighted by Crippen LogP contribution is -2.03. The number of fused-ring (bicyclic) bond motifs is 1. The van der Waals surface area contributed by atoms with Crippen molar-refractivity contribution < 1.29 is 0 Å². The Morgan fingerprint density at radius 2 is 2.24 bits per heavy atom. The highest BCUT2D eigenvalue weighted by atomic mass is 127. The summed E-state index contributed by atoms with van der Waals surface area (Å²) in [5.74, 6) is 1.84. The van der Waals surface area contributed by atoms with Crippen LogP contribution >= 0.6 is 34.4 Å². The smallest absolute Gasteiger partial charge is 0.201 e. The Labute approximate surface area is 119 Å². The van der Waals surface area contributed by atoms with E-state index in [-0.39, 0.29) is 0 Å². The molecule has 1 aromatic heterocycles. The second kappa shape index (κ2) is 5.95. The molecule has 0 spiro atoms. The summed E-state index contributed by atoms with van der Waals surface area (Å²) >= 11 is 4.19. The third-order valence-corrected chi connectivity index (χ3v) is 4.09. The third kappa shape index (κ3) is 3.07. The predicted octanol–water partition coefficient (Wildman–Crippen LogP) is 3.37. The number of halogens is 1. The number of benzene rings is 1. The summed E-state index contributed by atoms with van der Waals surface area (Å²) in [6, 6.07) is 6.28. The van der Waals surface area contributed by atoms with Gasteiger partial charge >= 0.3 is 0 Å². The van der Waals surface area contributed by atoms with Crippen molar-refractivity contribution >= 4 is 51.3 Å². The molecule has 0 radical (unpaired) electrons. The SMILES string of the molecule is CSCCCCn1c(N)nc2cc(I)ccc21. The van der Waals surface area contributed by atoms with Crippen molar-refractivity contribution in [2.45, 2.75) is 19.4 Å². The number of imidazole rings is 1. The first kappa shape index (κ1) is 13.0. The van der Waals surface area contributed by atoms with Gasteiger partial charge < -0.3 is 10.3 Å². The van der Waals surface area contributed by atoms with Gasteiger partial charge in [0.2, 0.25) is 5.95 Å². The van der Waals surface area contributed by atoms with E-state index in [9.17, 15) is 0 Å². The van der Waals surface area contributed by atoms with Crippen LogP contribution in [0.25, 0.3) is 11.0 Å². The normalized spacial score (nSPS) is 11.2. The zero-order chi connectivity index (χ0) is 12.3. The van der Waals surface area contributed by atoms with Gasteiger partial charge in [-0.2, -0.15) is 11.8 Å². The molecule has 0 aliphatic heterocycles. The van der Waals surface area contributed by atoms with E-state index in [1.165, 1.54) is 15.7 Å². The van der Waals surface area contributed by atoms with E-state index in [1.54, 1.807) is 0 Å². The van der Waals surface area contributed by atoms with E-state index < -0.39 is 0 Å².